The molecule has 1 heterocycles. The Morgan fingerprint density at radius 1 is 1.33 bits per heavy atom. The van der Waals surface area contributed by atoms with E-state index in [4.69, 9.17) is 14.5 Å². The molecule has 2 atom stereocenters. The number of rotatable bonds is 6. The Bertz CT molecular complexity index is 706. The van der Waals surface area contributed by atoms with E-state index in [-0.39, 0.29) is 42.0 Å². The Hall–Kier alpha value is -1.71. The Kier molecular flexibility index (Phi) is 10.7. The minimum atomic E-state index is -0.493. The van der Waals surface area contributed by atoms with Crippen LogP contribution in [0.2, 0.25) is 0 Å². The Labute approximate surface area is 198 Å². The molecule has 1 aliphatic rings. The third kappa shape index (κ3) is 8.20. The van der Waals surface area contributed by atoms with Gasteiger partial charge < -0.3 is 25.0 Å². The summed E-state index contributed by atoms with van der Waals surface area (Å²) in [6.07, 6.45) is 0.502. The highest BCUT2D eigenvalue weighted by Gasteiger charge is 2.28. The molecule has 1 saturated heterocycles. The fourth-order valence-electron chi connectivity index (χ4n) is 3.37. The number of likely N-dealkylation sites (tertiary alicyclic amines) is 1. The second-order valence-electron chi connectivity index (χ2n) is 8.42. The summed E-state index contributed by atoms with van der Waals surface area (Å²) in [5.74, 6) is 2.00. The van der Waals surface area contributed by atoms with Crippen LogP contribution >= 0.6 is 24.0 Å². The lowest BCUT2D eigenvalue weighted by atomic mass is 10.0. The van der Waals surface area contributed by atoms with Crippen molar-refractivity contribution in [2.75, 3.05) is 33.3 Å². The molecule has 0 saturated carbocycles. The molecule has 2 unspecified atom stereocenters. The SMILES string of the molecule is CCNC(=NCC(C)c1ccccc1OC)N1CCC(NC(=O)OC(C)(C)C)C1.I. The summed E-state index contributed by atoms with van der Waals surface area (Å²) in [6.45, 7) is 12.8. The molecule has 7 nitrogen and oxygen atoms in total. The lowest BCUT2D eigenvalue weighted by Gasteiger charge is -2.24. The minimum absolute atomic E-state index is 0. The Morgan fingerprint density at radius 2 is 2.03 bits per heavy atom. The molecule has 1 aromatic rings. The zero-order valence-corrected chi connectivity index (χ0v) is 21.4. The van der Waals surface area contributed by atoms with Gasteiger partial charge in [0.15, 0.2) is 5.96 Å². The number of ether oxygens (including phenoxy) is 2. The van der Waals surface area contributed by atoms with Gasteiger partial charge in [-0.25, -0.2) is 4.79 Å². The molecule has 1 aromatic carbocycles. The number of halogens is 1. The number of nitrogens with one attached hydrogen (secondary N) is 2. The summed E-state index contributed by atoms with van der Waals surface area (Å²) in [5, 5.41) is 6.34. The van der Waals surface area contributed by atoms with E-state index < -0.39 is 5.60 Å². The second kappa shape index (κ2) is 12.2. The zero-order chi connectivity index (χ0) is 21.4. The third-order valence-electron chi connectivity index (χ3n) is 4.73. The lowest BCUT2D eigenvalue weighted by molar-refractivity contribution is 0.0507. The van der Waals surface area contributed by atoms with Gasteiger partial charge in [0, 0.05) is 32.1 Å². The molecular weight excluding hydrogens is 495 g/mol. The molecule has 0 spiro atoms. The third-order valence-corrected chi connectivity index (χ3v) is 4.73. The standard InChI is InChI=1S/C22H36N4O3.HI/c1-7-23-20(24-14-16(2)18-10-8-9-11-19(18)28-6)26-13-12-17(15-26)25-21(27)29-22(3,4)5;/h8-11,16-17H,7,12-15H2,1-6H3,(H,23,24)(H,25,27);1H. The monoisotopic (exact) mass is 532 g/mol. The predicted octanol–water partition coefficient (Wildman–Crippen LogP) is 3.98. The summed E-state index contributed by atoms with van der Waals surface area (Å²) in [4.78, 5) is 19.1. The van der Waals surface area contributed by atoms with Crippen molar-refractivity contribution in [1.82, 2.24) is 15.5 Å². The smallest absolute Gasteiger partial charge is 0.407 e. The van der Waals surface area contributed by atoms with Gasteiger partial charge in [-0.3, -0.25) is 4.99 Å². The van der Waals surface area contributed by atoms with Crippen LogP contribution in [-0.4, -0.2) is 61.9 Å². The number of aliphatic imine (C=N–C) groups is 1. The first-order valence-electron chi connectivity index (χ1n) is 10.4. The van der Waals surface area contributed by atoms with E-state index in [1.54, 1.807) is 7.11 Å². The average molecular weight is 532 g/mol. The van der Waals surface area contributed by atoms with Crippen molar-refractivity contribution >= 4 is 36.0 Å². The van der Waals surface area contributed by atoms with Crippen LogP contribution < -0.4 is 15.4 Å². The van der Waals surface area contributed by atoms with Gasteiger partial charge in [0.05, 0.1) is 13.2 Å². The molecule has 2 rings (SSSR count). The highest BCUT2D eigenvalue weighted by Crippen LogP contribution is 2.26. The van der Waals surface area contributed by atoms with E-state index in [1.165, 1.54) is 0 Å². The van der Waals surface area contributed by atoms with E-state index in [2.05, 4.69) is 35.4 Å². The molecule has 8 heteroatoms. The van der Waals surface area contributed by atoms with Crippen LogP contribution in [0.15, 0.2) is 29.3 Å². The first kappa shape index (κ1) is 26.3. The molecule has 1 amide bonds. The summed E-state index contributed by atoms with van der Waals surface area (Å²) >= 11 is 0. The molecule has 0 bridgehead atoms. The van der Waals surface area contributed by atoms with E-state index in [1.807, 2.05) is 39.0 Å². The Balaban J connectivity index is 0.00000450. The number of benzene rings is 1. The van der Waals surface area contributed by atoms with Crippen LogP contribution in [0, 0.1) is 0 Å². The fourth-order valence-corrected chi connectivity index (χ4v) is 3.37. The number of guanidine groups is 1. The van der Waals surface area contributed by atoms with Gasteiger partial charge >= 0.3 is 6.09 Å². The van der Waals surface area contributed by atoms with Gasteiger partial charge in [0.1, 0.15) is 11.4 Å². The summed E-state index contributed by atoms with van der Waals surface area (Å²) in [7, 11) is 1.70. The zero-order valence-electron chi connectivity index (χ0n) is 19.0. The molecule has 0 aromatic heterocycles. The summed E-state index contributed by atoms with van der Waals surface area (Å²) < 4.78 is 10.8. The van der Waals surface area contributed by atoms with Crippen LogP contribution in [0.1, 0.15) is 52.5 Å². The highest BCUT2D eigenvalue weighted by molar-refractivity contribution is 14.0. The van der Waals surface area contributed by atoms with Crippen LogP contribution in [0.5, 0.6) is 5.75 Å². The van der Waals surface area contributed by atoms with E-state index in [0.29, 0.717) is 13.1 Å². The maximum atomic E-state index is 12.0. The molecule has 30 heavy (non-hydrogen) atoms. The van der Waals surface area contributed by atoms with Crippen LogP contribution in [0.25, 0.3) is 0 Å². The molecule has 0 aliphatic carbocycles. The number of para-hydroxylation sites is 1. The molecule has 2 N–H and O–H groups in total. The van der Waals surface area contributed by atoms with Crippen molar-refractivity contribution in [1.29, 1.82) is 0 Å². The van der Waals surface area contributed by atoms with E-state index in [9.17, 15) is 4.79 Å². The van der Waals surface area contributed by atoms with Crippen LogP contribution in [0.3, 0.4) is 0 Å². The molecule has 1 aliphatic heterocycles. The van der Waals surface area contributed by atoms with Crippen molar-refractivity contribution in [3.05, 3.63) is 29.8 Å². The van der Waals surface area contributed by atoms with Crippen LogP contribution in [-0.2, 0) is 4.74 Å². The lowest BCUT2D eigenvalue weighted by Crippen LogP contribution is -2.44. The second-order valence-corrected chi connectivity index (χ2v) is 8.42. The van der Waals surface area contributed by atoms with Gasteiger partial charge in [0.2, 0.25) is 0 Å². The number of hydrogen-bond donors (Lipinski definition) is 2. The number of nitrogens with zero attached hydrogens (tertiary/aromatic N) is 2. The maximum Gasteiger partial charge on any atom is 0.407 e. The molecule has 0 radical (unpaired) electrons. The molecule has 1 fully saturated rings. The predicted molar refractivity (Wildman–Crippen MR) is 132 cm³/mol. The first-order chi connectivity index (χ1) is 13.7. The number of hydrogen-bond acceptors (Lipinski definition) is 4. The molecule has 170 valence electrons. The largest absolute Gasteiger partial charge is 0.496 e. The Morgan fingerprint density at radius 3 is 2.67 bits per heavy atom. The van der Waals surface area contributed by atoms with E-state index >= 15 is 0 Å². The summed E-state index contributed by atoms with van der Waals surface area (Å²) in [6, 6.07) is 8.12. The average Bonchev–Trinajstić information content (AvgIpc) is 3.11. The van der Waals surface area contributed by atoms with Gasteiger partial charge in [-0.1, -0.05) is 25.1 Å². The summed E-state index contributed by atoms with van der Waals surface area (Å²) in [5.41, 5.74) is 0.661. The number of amides is 1. The van der Waals surface area contributed by atoms with Gasteiger partial charge in [-0.15, -0.1) is 24.0 Å². The number of alkyl carbamates (subject to hydrolysis) is 1. The highest BCUT2D eigenvalue weighted by atomic mass is 127. The normalized spacial score (nSPS) is 17.7. The maximum absolute atomic E-state index is 12.0. The fraction of sp³-hybridized carbons (Fsp3) is 0.636. The van der Waals surface area contributed by atoms with Crippen molar-refractivity contribution in [2.45, 2.75) is 58.6 Å². The van der Waals surface area contributed by atoms with Crippen LogP contribution in [0.4, 0.5) is 4.79 Å². The van der Waals surface area contributed by atoms with Crippen molar-refractivity contribution in [3.63, 3.8) is 0 Å². The van der Waals surface area contributed by atoms with Crippen molar-refractivity contribution in [2.24, 2.45) is 4.99 Å². The van der Waals surface area contributed by atoms with Gasteiger partial charge in [-0.2, -0.15) is 0 Å². The first-order valence-corrected chi connectivity index (χ1v) is 10.4. The van der Waals surface area contributed by atoms with Crippen molar-refractivity contribution in [3.8, 4) is 5.75 Å². The van der Waals surface area contributed by atoms with Gasteiger partial charge in [0.25, 0.3) is 0 Å². The molecular formula is C22H37IN4O3. The van der Waals surface area contributed by atoms with Crippen molar-refractivity contribution < 1.29 is 14.3 Å². The number of carbonyl (C=O) groups is 1. The van der Waals surface area contributed by atoms with E-state index in [0.717, 1.165) is 36.8 Å². The number of carbonyl (C=O) groups excluding carboxylic acids is 1. The topological polar surface area (TPSA) is 75.2 Å². The van der Waals surface area contributed by atoms with Gasteiger partial charge in [-0.05, 0) is 45.7 Å². The number of methoxy groups -OCH3 is 1. The minimum Gasteiger partial charge on any atom is -0.496 e. The quantitative estimate of drug-likeness (QED) is 0.330.